The molecule has 0 saturated carbocycles. The van der Waals surface area contributed by atoms with E-state index in [0.717, 1.165) is 6.08 Å². The van der Waals surface area contributed by atoms with E-state index in [9.17, 15) is 22.8 Å². The molecule has 0 bridgehead atoms. The molecule has 90 valence electrons. The SMILES string of the molecule is C=CC(=O)N1CCN(CC(F)(F)F)C(=O)C1. The molecule has 0 atom stereocenters. The van der Waals surface area contributed by atoms with Gasteiger partial charge in [0.25, 0.3) is 0 Å². The molecule has 1 rings (SSSR count). The van der Waals surface area contributed by atoms with E-state index in [4.69, 9.17) is 0 Å². The summed E-state index contributed by atoms with van der Waals surface area (Å²) in [4.78, 5) is 24.3. The van der Waals surface area contributed by atoms with Crippen molar-refractivity contribution in [1.82, 2.24) is 9.80 Å². The molecule has 0 aromatic rings. The molecule has 0 unspecified atom stereocenters. The van der Waals surface area contributed by atoms with Gasteiger partial charge in [0.05, 0.1) is 0 Å². The third-order valence-corrected chi connectivity index (χ3v) is 2.18. The Kier molecular flexibility index (Phi) is 3.56. The summed E-state index contributed by atoms with van der Waals surface area (Å²) in [6, 6.07) is 0. The van der Waals surface area contributed by atoms with Crippen molar-refractivity contribution in [3.8, 4) is 0 Å². The van der Waals surface area contributed by atoms with Gasteiger partial charge < -0.3 is 9.80 Å². The zero-order valence-corrected chi connectivity index (χ0v) is 8.46. The Balaban J connectivity index is 2.56. The first kappa shape index (κ1) is 12.5. The van der Waals surface area contributed by atoms with Gasteiger partial charge >= 0.3 is 6.18 Å². The average molecular weight is 236 g/mol. The second-order valence-corrected chi connectivity index (χ2v) is 3.39. The maximum atomic E-state index is 12.0. The standard InChI is InChI=1S/C9H11F3N2O2/c1-2-7(15)13-3-4-14(8(16)5-13)6-9(10,11)12/h2H,1,3-6H2. The van der Waals surface area contributed by atoms with Crippen LogP contribution in [0, 0.1) is 0 Å². The highest BCUT2D eigenvalue weighted by Crippen LogP contribution is 2.18. The first-order valence-corrected chi connectivity index (χ1v) is 4.59. The molecule has 2 amide bonds. The van der Waals surface area contributed by atoms with Gasteiger partial charge in [-0.25, -0.2) is 0 Å². The third kappa shape index (κ3) is 3.25. The van der Waals surface area contributed by atoms with Crippen LogP contribution in [-0.4, -0.2) is 54.0 Å². The quantitative estimate of drug-likeness (QED) is 0.651. The predicted molar refractivity (Wildman–Crippen MR) is 49.4 cm³/mol. The summed E-state index contributed by atoms with van der Waals surface area (Å²) >= 11 is 0. The largest absolute Gasteiger partial charge is 0.406 e. The number of nitrogens with zero attached hydrogens (tertiary/aromatic N) is 2. The minimum Gasteiger partial charge on any atom is -0.330 e. The summed E-state index contributed by atoms with van der Waals surface area (Å²) < 4.78 is 36.1. The molecule has 0 N–H and O–H groups in total. The predicted octanol–water partition coefficient (Wildman–Crippen LogP) is 0.405. The van der Waals surface area contributed by atoms with Gasteiger partial charge in [-0.15, -0.1) is 0 Å². The molecule has 4 nitrogen and oxygen atoms in total. The van der Waals surface area contributed by atoms with Crippen molar-refractivity contribution < 1.29 is 22.8 Å². The van der Waals surface area contributed by atoms with Gasteiger partial charge in [-0.2, -0.15) is 13.2 Å². The fourth-order valence-corrected chi connectivity index (χ4v) is 1.41. The van der Waals surface area contributed by atoms with E-state index < -0.39 is 24.5 Å². The lowest BCUT2D eigenvalue weighted by Gasteiger charge is -2.34. The van der Waals surface area contributed by atoms with E-state index in [1.165, 1.54) is 4.90 Å². The molecular weight excluding hydrogens is 225 g/mol. The van der Waals surface area contributed by atoms with Crippen molar-refractivity contribution in [3.63, 3.8) is 0 Å². The number of rotatable bonds is 2. The number of piperazine rings is 1. The normalized spacial score (nSPS) is 17.6. The summed E-state index contributed by atoms with van der Waals surface area (Å²) in [6.07, 6.45) is -3.37. The lowest BCUT2D eigenvalue weighted by Crippen LogP contribution is -2.54. The van der Waals surface area contributed by atoms with E-state index in [1.807, 2.05) is 0 Å². The average Bonchev–Trinajstić information content (AvgIpc) is 2.18. The summed E-state index contributed by atoms with van der Waals surface area (Å²) in [7, 11) is 0. The van der Waals surface area contributed by atoms with Crippen molar-refractivity contribution in [3.05, 3.63) is 12.7 Å². The van der Waals surface area contributed by atoms with Crippen LogP contribution in [0.4, 0.5) is 13.2 Å². The van der Waals surface area contributed by atoms with Crippen molar-refractivity contribution >= 4 is 11.8 Å². The zero-order valence-electron chi connectivity index (χ0n) is 8.46. The smallest absolute Gasteiger partial charge is 0.330 e. The lowest BCUT2D eigenvalue weighted by atomic mass is 10.3. The summed E-state index contributed by atoms with van der Waals surface area (Å²) in [5.74, 6) is -1.14. The molecule has 1 heterocycles. The number of alkyl halides is 3. The van der Waals surface area contributed by atoms with Crippen molar-refractivity contribution in [2.75, 3.05) is 26.2 Å². The minimum absolute atomic E-state index is 0.0993. The summed E-state index contributed by atoms with van der Waals surface area (Å²) in [5.41, 5.74) is 0. The Morgan fingerprint density at radius 3 is 2.50 bits per heavy atom. The molecule has 0 aromatic carbocycles. The van der Waals surface area contributed by atoms with Gasteiger partial charge in [0, 0.05) is 13.1 Å². The molecule has 1 saturated heterocycles. The minimum atomic E-state index is -4.40. The molecule has 1 fully saturated rings. The second kappa shape index (κ2) is 4.54. The fourth-order valence-electron chi connectivity index (χ4n) is 1.41. The monoisotopic (exact) mass is 236 g/mol. The Morgan fingerprint density at radius 1 is 1.44 bits per heavy atom. The first-order chi connectivity index (χ1) is 7.33. The molecule has 1 aliphatic rings. The van der Waals surface area contributed by atoms with Crippen molar-refractivity contribution in [2.45, 2.75) is 6.18 Å². The number of amides is 2. The number of carbonyl (C=O) groups excluding carboxylic acids is 2. The maximum absolute atomic E-state index is 12.0. The van der Waals surface area contributed by atoms with Gasteiger partial charge in [-0.3, -0.25) is 9.59 Å². The first-order valence-electron chi connectivity index (χ1n) is 4.59. The molecule has 1 aliphatic heterocycles. The van der Waals surface area contributed by atoms with E-state index in [0.29, 0.717) is 4.90 Å². The Labute approximate surface area is 90.3 Å². The van der Waals surface area contributed by atoms with Crippen LogP contribution >= 0.6 is 0 Å². The van der Waals surface area contributed by atoms with E-state index >= 15 is 0 Å². The van der Waals surface area contributed by atoms with Crippen LogP contribution in [0.2, 0.25) is 0 Å². The van der Waals surface area contributed by atoms with Gasteiger partial charge in [0.2, 0.25) is 11.8 Å². The van der Waals surface area contributed by atoms with Crippen LogP contribution < -0.4 is 0 Å². The summed E-state index contributed by atoms with van der Waals surface area (Å²) in [5, 5.41) is 0. The number of hydrogen-bond acceptors (Lipinski definition) is 2. The van der Waals surface area contributed by atoms with Gasteiger partial charge in [0.1, 0.15) is 13.1 Å². The van der Waals surface area contributed by atoms with Gasteiger partial charge in [0.15, 0.2) is 0 Å². The molecule has 16 heavy (non-hydrogen) atoms. The number of carbonyl (C=O) groups is 2. The van der Waals surface area contributed by atoms with E-state index in [2.05, 4.69) is 6.58 Å². The topological polar surface area (TPSA) is 40.6 Å². The van der Waals surface area contributed by atoms with Crippen LogP contribution in [0.25, 0.3) is 0 Å². The lowest BCUT2D eigenvalue weighted by molar-refractivity contribution is -0.166. The third-order valence-electron chi connectivity index (χ3n) is 2.18. The van der Waals surface area contributed by atoms with Crippen molar-refractivity contribution in [1.29, 1.82) is 0 Å². The van der Waals surface area contributed by atoms with E-state index in [-0.39, 0.29) is 19.6 Å². The summed E-state index contributed by atoms with van der Waals surface area (Å²) in [6.45, 7) is 1.67. The van der Waals surface area contributed by atoms with Crippen LogP contribution in [-0.2, 0) is 9.59 Å². The van der Waals surface area contributed by atoms with E-state index in [1.54, 1.807) is 0 Å². The van der Waals surface area contributed by atoms with Gasteiger partial charge in [-0.1, -0.05) is 6.58 Å². The van der Waals surface area contributed by atoms with Crippen molar-refractivity contribution in [2.24, 2.45) is 0 Å². The van der Waals surface area contributed by atoms with Gasteiger partial charge in [-0.05, 0) is 6.08 Å². The highest BCUT2D eigenvalue weighted by atomic mass is 19.4. The second-order valence-electron chi connectivity index (χ2n) is 3.39. The molecule has 0 aromatic heterocycles. The Hall–Kier alpha value is -1.53. The zero-order chi connectivity index (χ0) is 12.3. The highest BCUT2D eigenvalue weighted by Gasteiger charge is 2.35. The number of halogens is 3. The Bertz CT molecular complexity index is 314. The molecule has 0 radical (unpaired) electrons. The highest BCUT2D eigenvalue weighted by molar-refractivity contribution is 5.91. The van der Waals surface area contributed by atoms with Crippen LogP contribution in [0.1, 0.15) is 0 Å². The van der Waals surface area contributed by atoms with Crippen LogP contribution in [0.3, 0.4) is 0 Å². The maximum Gasteiger partial charge on any atom is 0.406 e. The number of hydrogen-bond donors (Lipinski definition) is 0. The van der Waals surface area contributed by atoms with Crippen LogP contribution in [0.15, 0.2) is 12.7 Å². The van der Waals surface area contributed by atoms with Crippen LogP contribution in [0.5, 0.6) is 0 Å². The molecule has 0 aliphatic carbocycles. The molecular formula is C9H11F3N2O2. The molecule has 7 heteroatoms. The Morgan fingerprint density at radius 2 is 2.06 bits per heavy atom. The molecule has 0 spiro atoms. The fraction of sp³-hybridized carbons (Fsp3) is 0.556.